The van der Waals surface area contributed by atoms with Crippen LogP contribution in [0.4, 0.5) is 8.78 Å². The van der Waals surface area contributed by atoms with Crippen molar-refractivity contribution in [2.45, 2.75) is 6.61 Å². The smallest absolute Gasteiger partial charge is 0.387 e. The number of fused-ring (bicyclic) bond motifs is 1. The van der Waals surface area contributed by atoms with Crippen molar-refractivity contribution < 1.29 is 13.5 Å². The molecule has 4 rings (SSSR count). The SMILES string of the molecule is Cn1cc(-c2ccnc3[nH]ccc23)c(-c2ccc(OC(F)F)cn2)n1. The number of aromatic amines is 1. The Morgan fingerprint density at radius 2 is 2.00 bits per heavy atom. The van der Waals surface area contributed by atoms with Gasteiger partial charge in [-0.15, -0.1) is 0 Å². The van der Waals surface area contributed by atoms with E-state index in [2.05, 4.69) is 24.8 Å². The Morgan fingerprint density at radius 3 is 2.76 bits per heavy atom. The van der Waals surface area contributed by atoms with E-state index in [1.54, 1.807) is 16.9 Å². The number of halogens is 2. The molecule has 4 aromatic heterocycles. The number of aromatic nitrogens is 5. The lowest BCUT2D eigenvalue weighted by molar-refractivity contribution is -0.0500. The van der Waals surface area contributed by atoms with Gasteiger partial charge in [-0.1, -0.05) is 0 Å². The van der Waals surface area contributed by atoms with E-state index < -0.39 is 6.61 Å². The van der Waals surface area contributed by atoms with Crippen molar-refractivity contribution in [1.82, 2.24) is 24.7 Å². The Kier molecular flexibility index (Phi) is 3.64. The zero-order chi connectivity index (χ0) is 17.4. The van der Waals surface area contributed by atoms with Crippen molar-refractivity contribution >= 4 is 11.0 Å². The maximum atomic E-state index is 12.3. The third-order valence-electron chi connectivity index (χ3n) is 3.78. The van der Waals surface area contributed by atoms with E-state index >= 15 is 0 Å². The van der Waals surface area contributed by atoms with Crippen LogP contribution < -0.4 is 4.74 Å². The number of alkyl halides is 2. The van der Waals surface area contributed by atoms with E-state index in [0.29, 0.717) is 11.4 Å². The maximum Gasteiger partial charge on any atom is 0.387 e. The topological polar surface area (TPSA) is 68.6 Å². The number of pyridine rings is 2. The largest absolute Gasteiger partial charge is 0.433 e. The second-order valence-electron chi connectivity index (χ2n) is 5.42. The fraction of sp³-hybridized carbons (Fsp3) is 0.118. The Bertz CT molecular complexity index is 1020. The van der Waals surface area contributed by atoms with Gasteiger partial charge in [-0.3, -0.25) is 9.67 Å². The fourth-order valence-electron chi connectivity index (χ4n) is 2.76. The highest BCUT2D eigenvalue weighted by Crippen LogP contribution is 2.34. The molecule has 0 saturated carbocycles. The molecular formula is C17H13F2N5O. The Hall–Kier alpha value is -3.29. The monoisotopic (exact) mass is 341 g/mol. The summed E-state index contributed by atoms with van der Waals surface area (Å²) in [5.74, 6) is 0.00756. The van der Waals surface area contributed by atoms with E-state index in [1.165, 1.54) is 12.3 Å². The number of nitrogens with zero attached hydrogens (tertiary/aromatic N) is 4. The number of hydrogen-bond donors (Lipinski definition) is 1. The van der Waals surface area contributed by atoms with Crippen LogP contribution in [0.2, 0.25) is 0 Å². The lowest BCUT2D eigenvalue weighted by atomic mass is 10.0. The van der Waals surface area contributed by atoms with Gasteiger partial charge in [0.2, 0.25) is 0 Å². The molecule has 4 aromatic rings. The van der Waals surface area contributed by atoms with E-state index in [9.17, 15) is 8.78 Å². The molecule has 1 N–H and O–H groups in total. The molecule has 0 aliphatic rings. The van der Waals surface area contributed by atoms with Gasteiger partial charge in [-0.25, -0.2) is 4.98 Å². The first-order valence-corrected chi connectivity index (χ1v) is 7.49. The van der Waals surface area contributed by atoms with Crippen LogP contribution in [0.3, 0.4) is 0 Å². The first-order valence-electron chi connectivity index (χ1n) is 7.49. The number of rotatable bonds is 4. The molecule has 0 fully saturated rings. The number of nitrogens with one attached hydrogen (secondary N) is 1. The predicted octanol–water partition coefficient (Wildman–Crippen LogP) is 3.63. The molecule has 0 unspecified atom stereocenters. The summed E-state index contributed by atoms with van der Waals surface area (Å²) in [6.07, 6.45) is 6.70. The molecule has 0 saturated heterocycles. The van der Waals surface area contributed by atoms with Gasteiger partial charge in [0.15, 0.2) is 0 Å². The van der Waals surface area contributed by atoms with Crippen molar-refractivity contribution in [3.05, 3.63) is 49.1 Å². The van der Waals surface area contributed by atoms with Crippen LogP contribution in [-0.2, 0) is 7.05 Å². The van der Waals surface area contributed by atoms with Crippen LogP contribution in [-0.4, -0.2) is 31.3 Å². The minimum absolute atomic E-state index is 0.00756. The van der Waals surface area contributed by atoms with Crippen molar-refractivity contribution in [2.24, 2.45) is 7.05 Å². The number of H-pyrrole nitrogens is 1. The van der Waals surface area contributed by atoms with Crippen molar-refractivity contribution in [1.29, 1.82) is 0 Å². The van der Waals surface area contributed by atoms with E-state index in [-0.39, 0.29) is 5.75 Å². The van der Waals surface area contributed by atoms with Crippen LogP contribution in [0, 0.1) is 0 Å². The van der Waals surface area contributed by atoms with Crippen molar-refractivity contribution in [2.75, 3.05) is 0 Å². The highest BCUT2D eigenvalue weighted by molar-refractivity contribution is 5.96. The summed E-state index contributed by atoms with van der Waals surface area (Å²) < 4.78 is 30.6. The minimum atomic E-state index is -2.88. The molecule has 0 bridgehead atoms. The summed E-state index contributed by atoms with van der Waals surface area (Å²) in [6.45, 7) is -2.88. The third-order valence-corrected chi connectivity index (χ3v) is 3.78. The molecule has 25 heavy (non-hydrogen) atoms. The molecule has 0 aromatic carbocycles. The van der Waals surface area contributed by atoms with Gasteiger partial charge in [-0.05, 0) is 29.8 Å². The highest BCUT2D eigenvalue weighted by atomic mass is 19.3. The zero-order valence-corrected chi connectivity index (χ0v) is 13.1. The maximum absolute atomic E-state index is 12.3. The lowest BCUT2D eigenvalue weighted by Crippen LogP contribution is -2.02. The fourth-order valence-corrected chi connectivity index (χ4v) is 2.76. The summed E-state index contributed by atoms with van der Waals surface area (Å²) in [4.78, 5) is 11.6. The molecule has 0 spiro atoms. The lowest BCUT2D eigenvalue weighted by Gasteiger charge is -2.06. The number of hydrogen-bond acceptors (Lipinski definition) is 4. The summed E-state index contributed by atoms with van der Waals surface area (Å²) in [7, 11) is 1.82. The van der Waals surface area contributed by atoms with E-state index in [1.807, 2.05) is 31.6 Å². The van der Waals surface area contributed by atoms with Crippen LogP contribution in [0.25, 0.3) is 33.5 Å². The quantitative estimate of drug-likeness (QED) is 0.615. The second kappa shape index (κ2) is 5.97. The normalized spacial score (nSPS) is 11.4. The van der Waals surface area contributed by atoms with Gasteiger partial charge in [-0.2, -0.15) is 13.9 Å². The average Bonchev–Trinajstić information content (AvgIpc) is 3.21. The van der Waals surface area contributed by atoms with Crippen molar-refractivity contribution in [3.63, 3.8) is 0 Å². The molecule has 0 radical (unpaired) electrons. The molecule has 0 atom stereocenters. The molecule has 4 heterocycles. The van der Waals surface area contributed by atoms with Gasteiger partial charge in [0.05, 0.1) is 11.9 Å². The molecule has 6 nitrogen and oxygen atoms in total. The molecule has 0 aliphatic heterocycles. The first-order chi connectivity index (χ1) is 12.1. The standard InChI is InChI=1S/C17H13F2N5O/c1-24-9-13(11-4-6-20-16-12(11)5-7-21-16)15(23-24)14-3-2-10(8-22-14)25-17(18)19/h2-9,17H,1H3,(H,20,21). The summed E-state index contributed by atoms with van der Waals surface area (Å²) in [5.41, 5.74) is 3.84. The minimum Gasteiger partial charge on any atom is -0.433 e. The van der Waals surface area contributed by atoms with Gasteiger partial charge in [0.1, 0.15) is 17.1 Å². The van der Waals surface area contributed by atoms with Crippen molar-refractivity contribution in [3.8, 4) is 28.3 Å². The highest BCUT2D eigenvalue weighted by Gasteiger charge is 2.16. The Balaban J connectivity index is 1.81. The van der Waals surface area contributed by atoms with Crippen LogP contribution in [0.1, 0.15) is 0 Å². The second-order valence-corrected chi connectivity index (χ2v) is 5.42. The number of ether oxygens (including phenoxy) is 1. The van der Waals surface area contributed by atoms with Gasteiger partial charge in [0, 0.05) is 36.6 Å². The summed E-state index contributed by atoms with van der Waals surface area (Å²) in [5, 5.41) is 5.44. The van der Waals surface area contributed by atoms with Gasteiger partial charge in [0.25, 0.3) is 0 Å². The van der Waals surface area contributed by atoms with E-state index in [0.717, 1.165) is 22.2 Å². The molecule has 0 amide bonds. The molecular weight excluding hydrogens is 328 g/mol. The molecule has 0 aliphatic carbocycles. The van der Waals surface area contributed by atoms with Crippen LogP contribution >= 0.6 is 0 Å². The predicted molar refractivity (Wildman–Crippen MR) is 88.2 cm³/mol. The van der Waals surface area contributed by atoms with Crippen LogP contribution in [0.15, 0.2) is 49.1 Å². The Morgan fingerprint density at radius 1 is 1.12 bits per heavy atom. The summed E-state index contributed by atoms with van der Waals surface area (Å²) in [6, 6.07) is 6.91. The van der Waals surface area contributed by atoms with Gasteiger partial charge >= 0.3 is 6.61 Å². The van der Waals surface area contributed by atoms with Gasteiger partial charge < -0.3 is 9.72 Å². The number of aryl methyl sites for hydroxylation is 1. The Labute approximate surface area is 141 Å². The van der Waals surface area contributed by atoms with Crippen LogP contribution in [0.5, 0.6) is 5.75 Å². The summed E-state index contributed by atoms with van der Waals surface area (Å²) >= 11 is 0. The molecule has 126 valence electrons. The molecule has 8 heteroatoms. The van der Waals surface area contributed by atoms with E-state index in [4.69, 9.17) is 0 Å². The zero-order valence-electron chi connectivity index (χ0n) is 13.1. The average molecular weight is 341 g/mol. The third kappa shape index (κ3) is 2.82. The first kappa shape index (κ1) is 15.3.